The van der Waals surface area contributed by atoms with E-state index in [1.54, 1.807) is 35.8 Å². The minimum atomic E-state index is -1.00. The summed E-state index contributed by atoms with van der Waals surface area (Å²) in [6, 6.07) is 21.4. The molecule has 7 nitrogen and oxygen atoms in total. The quantitative estimate of drug-likeness (QED) is 0.370. The van der Waals surface area contributed by atoms with E-state index in [0.717, 1.165) is 17.1 Å². The molecule has 1 N–H and O–H groups in total. The monoisotopic (exact) mass is 521 g/mol. The molecule has 2 aromatic carbocycles. The molecule has 0 fully saturated rings. The van der Waals surface area contributed by atoms with E-state index in [2.05, 4.69) is 35.8 Å². The molecule has 2 aromatic heterocycles. The van der Waals surface area contributed by atoms with Gasteiger partial charge in [-0.05, 0) is 63.7 Å². The number of halogens is 1. The van der Waals surface area contributed by atoms with Crippen molar-refractivity contribution in [1.82, 2.24) is 19.9 Å². The summed E-state index contributed by atoms with van der Waals surface area (Å²) in [6.45, 7) is 0.419. The van der Waals surface area contributed by atoms with Crippen molar-refractivity contribution in [3.05, 3.63) is 106 Å². The Hall–Kier alpha value is -3.43. The van der Waals surface area contributed by atoms with E-state index in [4.69, 9.17) is 0 Å². The second-order valence-corrected chi connectivity index (χ2v) is 8.56. The molecule has 9 heteroatoms. The summed E-state index contributed by atoms with van der Waals surface area (Å²) in [5, 5.41) is 8.48. The van der Waals surface area contributed by atoms with Gasteiger partial charge in [0.05, 0.1) is 11.4 Å². The molecule has 4 aromatic rings. The average Bonchev–Trinajstić information content (AvgIpc) is 3.39. The zero-order valence-corrected chi connectivity index (χ0v) is 19.9. The largest absolute Gasteiger partial charge is 0.354 e. The number of benzene rings is 2. The van der Waals surface area contributed by atoms with Crippen LogP contribution in [0.5, 0.6) is 0 Å². The van der Waals surface area contributed by atoms with Gasteiger partial charge in [-0.25, -0.2) is 0 Å². The lowest BCUT2D eigenvalue weighted by atomic mass is 10.1. The number of carbonyl (C=O) groups is 2. The maximum absolute atomic E-state index is 13.6. The van der Waals surface area contributed by atoms with Crippen LogP contribution < -0.4 is 10.2 Å². The SMILES string of the molecule is O=C(NCCc1ccccc1)[C@@H](c1ccccn1)N(C(=O)c1csnn1)c1ccccc1Br. The van der Waals surface area contributed by atoms with E-state index in [0.29, 0.717) is 28.8 Å². The summed E-state index contributed by atoms with van der Waals surface area (Å²) in [4.78, 5) is 32.9. The Morgan fingerprint density at radius 1 is 1.00 bits per heavy atom. The molecule has 0 spiro atoms. The smallest absolute Gasteiger partial charge is 0.280 e. The van der Waals surface area contributed by atoms with E-state index in [1.807, 2.05) is 48.5 Å². The Balaban J connectivity index is 1.70. The minimum absolute atomic E-state index is 0.161. The van der Waals surface area contributed by atoms with Crippen molar-refractivity contribution in [3.63, 3.8) is 0 Å². The first kappa shape index (κ1) is 22.8. The second kappa shape index (κ2) is 10.9. The summed E-state index contributed by atoms with van der Waals surface area (Å²) in [5.74, 6) is -0.776. The molecule has 33 heavy (non-hydrogen) atoms. The molecule has 0 unspecified atom stereocenters. The molecule has 0 aliphatic heterocycles. The molecular formula is C24H20BrN5O2S. The van der Waals surface area contributed by atoms with Crippen LogP contribution in [-0.4, -0.2) is 32.9 Å². The standard InChI is InChI=1S/C24H20BrN5O2S/c25-18-10-4-5-12-21(18)30(24(32)20-16-33-29-28-20)22(19-11-6-7-14-26-19)23(31)27-15-13-17-8-2-1-3-9-17/h1-12,14,16,22H,13,15H2,(H,27,31)/t22-/m1/s1. The first-order valence-electron chi connectivity index (χ1n) is 10.2. The Labute approximate surface area is 203 Å². The zero-order chi connectivity index (χ0) is 23.0. The van der Waals surface area contributed by atoms with Crippen LogP contribution in [0.15, 0.2) is 88.8 Å². The van der Waals surface area contributed by atoms with Crippen LogP contribution in [0.3, 0.4) is 0 Å². The van der Waals surface area contributed by atoms with Crippen LogP contribution in [0.2, 0.25) is 0 Å². The molecule has 2 heterocycles. The van der Waals surface area contributed by atoms with Gasteiger partial charge in [0.15, 0.2) is 11.7 Å². The van der Waals surface area contributed by atoms with E-state index >= 15 is 0 Å². The van der Waals surface area contributed by atoms with Crippen molar-refractivity contribution in [3.8, 4) is 0 Å². The molecular weight excluding hydrogens is 502 g/mol. The maximum Gasteiger partial charge on any atom is 0.280 e. The summed E-state index contributed by atoms with van der Waals surface area (Å²) >= 11 is 4.60. The number of hydrogen-bond acceptors (Lipinski definition) is 6. The zero-order valence-electron chi connectivity index (χ0n) is 17.5. The number of pyridine rings is 1. The number of carbonyl (C=O) groups excluding carboxylic acids is 2. The number of rotatable bonds is 8. The second-order valence-electron chi connectivity index (χ2n) is 7.10. The van der Waals surface area contributed by atoms with Crippen LogP contribution in [0, 0.1) is 0 Å². The highest BCUT2D eigenvalue weighted by molar-refractivity contribution is 9.10. The van der Waals surface area contributed by atoms with Crippen LogP contribution >= 0.6 is 27.5 Å². The van der Waals surface area contributed by atoms with Gasteiger partial charge in [-0.3, -0.25) is 19.5 Å². The van der Waals surface area contributed by atoms with Crippen molar-refractivity contribution >= 4 is 45.0 Å². The molecule has 2 amide bonds. The number of hydrogen-bond donors (Lipinski definition) is 1. The van der Waals surface area contributed by atoms with Crippen molar-refractivity contribution < 1.29 is 9.59 Å². The van der Waals surface area contributed by atoms with Crippen LogP contribution in [-0.2, 0) is 11.2 Å². The van der Waals surface area contributed by atoms with Crippen molar-refractivity contribution in [2.24, 2.45) is 0 Å². The number of amides is 2. The molecule has 4 rings (SSSR count). The average molecular weight is 522 g/mol. The molecule has 0 bridgehead atoms. The van der Waals surface area contributed by atoms with Crippen molar-refractivity contribution in [2.45, 2.75) is 12.5 Å². The maximum atomic E-state index is 13.6. The van der Waals surface area contributed by atoms with Crippen LogP contribution in [0.1, 0.15) is 27.8 Å². The topological polar surface area (TPSA) is 88.1 Å². The first-order chi connectivity index (χ1) is 16.1. The first-order valence-corrected chi connectivity index (χ1v) is 11.9. The van der Waals surface area contributed by atoms with Gasteiger partial charge >= 0.3 is 0 Å². The minimum Gasteiger partial charge on any atom is -0.354 e. The molecule has 1 atom stereocenters. The van der Waals surface area contributed by atoms with Crippen molar-refractivity contribution in [2.75, 3.05) is 11.4 Å². The number of nitrogens with zero attached hydrogens (tertiary/aromatic N) is 4. The summed E-state index contributed by atoms with van der Waals surface area (Å²) in [6.07, 6.45) is 2.27. The van der Waals surface area contributed by atoms with Gasteiger partial charge in [0.1, 0.15) is 0 Å². The molecule has 0 saturated carbocycles. The fraction of sp³-hybridized carbons (Fsp3) is 0.125. The molecule has 166 valence electrons. The third-order valence-corrected chi connectivity index (χ3v) is 6.12. The van der Waals surface area contributed by atoms with Gasteiger partial charge in [-0.1, -0.05) is 53.0 Å². The number of aromatic nitrogens is 3. The Bertz CT molecular complexity index is 1210. The third-order valence-electron chi connectivity index (χ3n) is 4.94. The Morgan fingerprint density at radius 2 is 1.76 bits per heavy atom. The Morgan fingerprint density at radius 3 is 2.45 bits per heavy atom. The number of anilines is 1. The highest BCUT2D eigenvalue weighted by Crippen LogP contribution is 2.34. The lowest BCUT2D eigenvalue weighted by Crippen LogP contribution is -2.45. The lowest BCUT2D eigenvalue weighted by Gasteiger charge is -2.31. The molecule has 0 aliphatic rings. The van der Waals surface area contributed by atoms with Crippen LogP contribution in [0.4, 0.5) is 5.69 Å². The molecule has 0 aliphatic carbocycles. The van der Waals surface area contributed by atoms with Crippen molar-refractivity contribution in [1.29, 1.82) is 0 Å². The fourth-order valence-corrected chi connectivity index (χ4v) is 4.29. The van der Waals surface area contributed by atoms with Gasteiger partial charge in [-0.15, -0.1) is 5.10 Å². The van der Waals surface area contributed by atoms with E-state index in [-0.39, 0.29) is 11.6 Å². The van der Waals surface area contributed by atoms with Crippen LogP contribution in [0.25, 0.3) is 0 Å². The van der Waals surface area contributed by atoms with E-state index in [9.17, 15) is 9.59 Å². The number of nitrogens with one attached hydrogen (secondary N) is 1. The molecule has 0 radical (unpaired) electrons. The van der Waals surface area contributed by atoms with Gasteiger partial charge in [0.25, 0.3) is 5.91 Å². The summed E-state index contributed by atoms with van der Waals surface area (Å²) in [7, 11) is 0. The Kier molecular flexibility index (Phi) is 7.54. The highest BCUT2D eigenvalue weighted by atomic mass is 79.9. The van der Waals surface area contributed by atoms with E-state index < -0.39 is 11.9 Å². The van der Waals surface area contributed by atoms with Gasteiger partial charge in [0.2, 0.25) is 5.91 Å². The number of para-hydroxylation sites is 1. The third kappa shape index (κ3) is 5.50. The normalized spacial score (nSPS) is 11.5. The summed E-state index contributed by atoms with van der Waals surface area (Å²) < 4.78 is 4.48. The highest BCUT2D eigenvalue weighted by Gasteiger charge is 2.36. The van der Waals surface area contributed by atoms with Gasteiger partial charge < -0.3 is 5.32 Å². The predicted octanol–water partition coefficient (Wildman–Crippen LogP) is 4.44. The molecule has 0 saturated heterocycles. The van der Waals surface area contributed by atoms with Gasteiger partial charge in [-0.2, -0.15) is 0 Å². The lowest BCUT2D eigenvalue weighted by molar-refractivity contribution is -0.122. The van der Waals surface area contributed by atoms with E-state index in [1.165, 1.54) is 4.90 Å². The predicted molar refractivity (Wildman–Crippen MR) is 131 cm³/mol. The van der Waals surface area contributed by atoms with Gasteiger partial charge in [0, 0.05) is 22.6 Å². The summed E-state index contributed by atoms with van der Waals surface area (Å²) in [5.41, 5.74) is 2.25. The fourth-order valence-electron chi connectivity index (χ4n) is 3.39.